The van der Waals surface area contributed by atoms with E-state index in [-0.39, 0.29) is 22.1 Å². The topological polar surface area (TPSA) is 133 Å². The van der Waals surface area contributed by atoms with Gasteiger partial charge in [-0.3, -0.25) is 0 Å². The molecule has 9 nitrogen and oxygen atoms in total. The fraction of sp³-hybridized carbons (Fsp3) is 0.240. The van der Waals surface area contributed by atoms with Crippen LogP contribution in [0.5, 0.6) is 0 Å². The number of nitrogens with zero attached hydrogens (tertiary/aromatic N) is 3. The second-order valence-corrected chi connectivity index (χ2v) is 8.87. The normalized spacial score (nSPS) is 22.6. The number of carbonyl (C=O) groups excluding carboxylic acids is 1. The molecule has 3 heterocycles. The number of halogens is 2. The maximum Gasteiger partial charge on any atom is 0.338 e. The molecular weight excluding hydrogens is 491 g/mol. The second kappa shape index (κ2) is 9.47. The maximum absolute atomic E-state index is 14.4. The summed E-state index contributed by atoms with van der Waals surface area (Å²) in [5.74, 6) is -1.42. The summed E-state index contributed by atoms with van der Waals surface area (Å²) in [6.07, 6.45) is -4.94. The van der Waals surface area contributed by atoms with Crippen molar-refractivity contribution in [2.45, 2.75) is 37.6 Å². The van der Waals surface area contributed by atoms with Gasteiger partial charge in [-0.1, -0.05) is 35.9 Å². The number of aryl methyl sites for hydroxylation is 1. The van der Waals surface area contributed by atoms with Crippen molar-refractivity contribution in [3.8, 4) is 0 Å². The molecule has 2 aromatic heterocycles. The lowest BCUT2D eigenvalue weighted by molar-refractivity contribution is -0.0916. The van der Waals surface area contributed by atoms with Crippen molar-refractivity contribution in [1.82, 2.24) is 14.5 Å². The zero-order valence-corrected chi connectivity index (χ0v) is 19.7. The Morgan fingerprint density at radius 3 is 2.64 bits per heavy atom. The van der Waals surface area contributed by atoms with Gasteiger partial charge in [0, 0.05) is 11.6 Å². The number of ether oxygens (including phenoxy) is 2. The SMILES string of the molecule is Cc1nc(N)nc2c1ccn2[C@@H]1O[C@H]([C@H](OC(=O)c2ccccc2)c2ccc(Cl)c(F)c2)[C@@H](O)[C@H]1O. The first kappa shape index (κ1) is 24.1. The largest absolute Gasteiger partial charge is 0.451 e. The Kier molecular flexibility index (Phi) is 6.35. The average molecular weight is 513 g/mol. The van der Waals surface area contributed by atoms with E-state index in [1.807, 2.05) is 0 Å². The number of carbonyl (C=O) groups is 1. The Balaban J connectivity index is 1.52. The van der Waals surface area contributed by atoms with Crippen molar-refractivity contribution in [3.05, 3.63) is 88.5 Å². The third-order valence-corrected chi connectivity index (χ3v) is 6.45. The number of nitrogen functional groups attached to an aromatic ring is 1. The van der Waals surface area contributed by atoms with Crippen molar-refractivity contribution in [3.63, 3.8) is 0 Å². The van der Waals surface area contributed by atoms with E-state index in [2.05, 4.69) is 9.97 Å². The number of aliphatic hydroxyl groups is 2. The van der Waals surface area contributed by atoms with Gasteiger partial charge in [0.15, 0.2) is 12.3 Å². The highest BCUT2D eigenvalue weighted by atomic mass is 35.5. The molecule has 5 rings (SSSR count). The Morgan fingerprint density at radius 1 is 1.17 bits per heavy atom. The fourth-order valence-electron chi connectivity index (χ4n) is 4.35. The van der Waals surface area contributed by atoms with E-state index in [1.165, 1.54) is 16.7 Å². The number of aliphatic hydroxyl groups excluding tert-OH is 2. The molecule has 0 saturated carbocycles. The zero-order valence-electron chi connectivity index (χ0n) is 19.0. The molecule has 36 heavy (non-hydrogen) atoms. The molecular formula is C25H22ClFN4O5. The summed E-state index contributed by atoms with van der Waals surface area (Å²) in [5.41, 5.74) is 7.28. The van der Waals surface area contributed by atoms with Crippen molar-refractivity contribution in [2.75, 3.05) is 5.73 Å². The molecule has 0 amide bonds. The zero-order chi connectivity index (χ0) is 25.6. The molecule has 1 aliphatic heterocycles. The Labute approximate surface area is 209 Å². The molecule has 1 fully saturated rings. The van der Waals surface area contributed by atoms with Gasteiger partial charge in [-0.15, -0.1) is 0 Å². The van der Waals surface area contributed by atoms with Gasteiger partial charge in [0.25, 0.3) is 0 Å². The summed E-state index contributed by atoms with van der Waals surface area (Å²) in [5, 5.41) is 22.5. The van der Waals surface area contributed by atoms with Gasteiger partial charge in [0.1, 0.15) is 29.8 Å². The van der Waals surface area contributed by atoms with Gasteiger partial charge in [-0.2, -0.15) is 4.98 Å². The van der Waals surface area contributed by atoms with Gasteiger partial charge >= 0.3 is 5.97 Å². The van der Waals surface area contributed by atoms with Crippen LogP contribution >= 0.6 is 11.6 Å². The van der Waals surface area contributed by atoms with E-state index in [0.717, 1.165) is 6.07 Å². The number of rotatable bonds is 5. The summed E-state index contributed by atoms with van der Waals surface area (Å²) in [4.78, 5) is 21.3. The van der Waals surface area contributed by atoms with E-state index >= 15 is 0 Å². The smallest absolute Gasteiger partial charge is 0.338 e. The van der Waals surface area contributed by atoms with Crippen LogP contribution in [0.25, 0.3) is 11.0 Å². The standard InChI is InChI=1S/C25H22ClFN4O5/c1-12-15-9-10-31(22(15)30-25(28)29-12)23-19(33)18(32)21(35-23)20(14-7-8-16(26)17(27)11-14)36-24(34)13-5-3-2-4-6-13/h2-11,18-21,23,32-33H,1H3,(H2,28,29,30)/t18-,19+,20+,21-,23+/m0/s1. The number of anilines is 1. The summed E-state index contributed by atoms with van der Waals surface area (Å²) >= 11 is 5.84. The van der Waals surface area contributed by atoms with Crippen LogP contribution in [0.4, 0.5) is 10.3 Å². The van der Waals surface area contributed by atoms with Crippen LogP contribution < -0.4 is 5.73 Å². The minimum Gasteiger partial charge on any atom is -0.451 e. The molecule has 4 N–H and O–H groups in total. The molecule has 5 atom stereocenters. The highest BCUT2D eigenvalue weighted by Gasteiger charge is 2.49. The van der Waals surface area contributed by atoms with E-state index in [4.69, 9.17) is 26.8 Å². The highest BCUT2D eigenvalue weighted by molar-refractivity contribution is 6.30. The van der Waals surface area contributed by atoms with Crippen LogP contribution in [0.1, 0.15) is 33.9 Å². The lowest BCUT2D eigenvalue weighted by Crippen LogP contribution is -2.36. The second-order valence-electron chi connectivity index (χ2n) is 8.47. The number of nitrogens with two attached hydrogens (primary N) is 1. The predicted octanol–water partition coefficient (Wildman–Crippen LogP) is 3.33. The lowest BCUT2D eigenvalue weighted by atomic mass is 9.98. The van der Waals surface area contributed by atoms with E-state index in [9.17, 15) is 19.4 Å². The number of fused-ring (bicyclic) bond motifs is 1. The molecule has 4 aromatic rings. The molecule has 0 bridgehead atoms. The number of hydrogen-bond acceptors (Lipinski definition) is 8. The number of hydrogen-bond donors (Lipinski definition) is 3. The van der Waals surface area contributed by atoms with Crippen LogP contribution in [0.2, 0.25) is 5.02 Å². The number of esters is 1. The van der Waals surface area contributed by atoms with Crippen molar-refractivity contribution >= 4 is 34.6 Å². The lowest BCUT2D eigenvalue weighted by Gasteiger charge is -2.26. The minimum atomic E-state index is -1.50. The molecule has 186 valence electrons. The Bertz CT molecular complexity index is 1430. The van der Waals surface area contributed by atoms with Crippen LogP contribution in [0, 0.1) is 12.7 Å². The molecule has 11 heteroatoms. The fourth-order valence-corrected chi connectivity index (χ4v) is 4.47. The van der Waals surface area contributed by atoms with E-state index in [1.54, 1.807) is 49.5 Å². The van der Waals surface area contributed by atoms with Gasteiger partial charge in [0.05, 0.1) is 16.3 Å². The quantitative estimate of drug-likeness (QED) is 0.347. The minimum absolute atomic E-state index is 0.0378. The summed E-state index contributed by atoms with van der Waals surface area (Å²) in [6.45, 7) is 1.77. The Morgan fingerprint density at radius 2 is 1.92 bits per heavy atom. The van der Waals surface area contributed by atoms with Crippen molar-refractivity contribution in [1.29, 1.82) is 0 Å². The van der Waals surface area contributed by atoms with Crippen LogP contribution in [-0.2, 0) is 9.47 Å². The summed E-state index contributed by atoms with van der Waals surface area (Å²) in [7, 11) is 0. The number of aromatic nitrogens is 3. The van der Waals surface area contributed by atoms with Crippen LogP contribution in [-0.4, -0.2) is 49.0 Å². The van der Waals surface area contributed by atoms with E-state index < -0.39 is 42.4 Å². The van der Waals surface area contributed by atoms with Gasteiger partial charge in [0.2, 0.25) is 5.95 Å². The number of benzene rings is 2. The van der Waals surface area contributed by atoms with Gasteiger partial charge < -0.3 is 30.0 Å². The first-order valence-corrected chi connectivity index (χ1v) is 11.5. The average Bonchev–Trinajstić information content (AvgIpc) is 3.41. The molecule has 0 aliphatic carbocycles. The molecule has 0 radical (unpaired) electrons. The van der Waals surface area contributed by atoms with Crippen LogP contribution in [0.15, 0.2) is 60.8 Å². The Hall–Kier alpha value is -3.57. The maximum atomic E-state index is 14.4. The summed E-state index contributed by atoms with van der Waals surface area (Å²) in [6, 6.07) is 13.8. The van der Waals surface area contributed by atoms with Crippen molar-refractivity contribution in [2.24, 2.45) is 0 Å². The third kappa shape index (κ3) is 4.28. The third-order valence-electron chi connectivity index (χ3n) is 6.14. The van der Waals surface area contributed by atoms with Crippen molar-refractivity contribution < 1.29 is 28.9 Å². The van der Waals surface area contributed by atoms with E-state index in [0.29, 0.717) is 16.7 Å². The monoisotopic (exact) mass is 512 g/mol. The molecule has 0 spiro atoms. The molecule has 1 aliphatic rings. The van der Waals surface area contributed by atoms with Gasteiger partial charge in [-0.25, -0.2) is 14.2 Å². The van der Waals surface area contributed by atoms with Gasteiger partial charge in [-0.05, 0) is 42.8 Å². The molecule has 0 unspecified atom stereocenters. The molecule has 1 saturated heterocycles. The first-order valence-electron chi connectivity index (χ1n) is 11.1. The highest BCUT2D eigenvalue weighted by Crippen LogP contribution is 2.40. The van der Waals surface area contributed by atoms with Crippen LogP contribution in [0.3, 0.4) is 0 Å². The molecule has 2 aromatic carbocycles. The summed E-state index contributed by atoms with van der Waals surface area (Å²) < 4.78 is 27.7. The first-order chi connectivity index (χ1) is 17.2. The predicted molar refractivity (Wildman–Crippen MR) is 129 cm³/mol.